The van der Waals surface area contributed by atoms with Crippen LogP contribution in [-0.2, 0) is 29.1 Å². The van der Waals surface area contributed by atoms with Crippen molar-refractivity contribution in [2.75, 3.05) is 0 Å². The molecule has 1 aromatic rings. The van der Waals surface area contributed by atoms with E-state index < -0.39 is 28.1 Å². The lowest BCUT2D eigenvalue weighted by Gasteiger charge is -2.32. The zero-order chi connectivity index (χ0) is 19.0. The molecular weight excluding hydrogens is 346 g/mol. The van der Waals surface area contributed by atoms with Crippen LogP contribution in [0.5, 0.6) is 0 Å². The molecule has 0 aliphatic carbocycles. The number of nitrogens with zero attached hydrogens (tertiary/aromatic N) is 1. The van der Waals surface area contributed by atoms with Crippen molar-refractivity contribution in [3.63, 3.8) is 0 Å². The van der Waals surface area contributed by atoms with E-state index in [1.165, 1.54) is 19.1 Å². The second kappa shape index (κ2) is 9.31. The molecule has 1 aromatic carbocycles. The van der Waals surface area contributed by atoms with Crippen molar-refractivity contribution in [1.29, 1.82) is 0 Å². The van der Waals surface area contributed by atoms with E-state index >= 15 is 0 Å². The van der Waals surface area contributed by atoms with E-state index in [-0.39, 0.29) is 24.1 Å². The van der Waals surface area contributed by atoms with E-state index in [1.54, 1.807) is 19.1 Å². The Balaban J connectivity index is 3.30. The number of hydrogen-bond acceptors (Lipinski definition) is 6. The number of sulfonamides is 1. The van der Waals surface area contributed by atoms with Crippen LogP contribution < -0.4 is 0 Å². The Morgan fingerprint density at radius 1 is 1.24 bits per heavy atom. The lowest BCUT2D eigenvalue weighted by molar-refractivity contribution is -0.150. The molecule has 138 valence electrons. The Morgan fingerprint density at radius 3 is 2.28 bits per heavy atom. The van der Waals surface area contributed by atoms with Crippen LogP contribution in [0.2, 0.25) is 0 Å². The number of hydrogen-bond donors (Lipinski definition) is 0. The van der Waals surface area contributed by atoms with Crippen LogP contribution in [0.4, 0.5) is 0 Å². The predicted octanol–water partition coefficient (Wildman–Crippen LogP) is 1.83. The lowest BCUT2D eigenvalue weighted by Crippen LogP contribution is -2.47. The Labute approximate surface area is 148 Å². The summed E-state index contributed by atoms with van der Waals surface area (Å²) in [5.41, 5.74) is 0.875. The molecule has 1 rings (SSSR count). The number of ether oxygens (including phenoxy) is 1. The van der Waals surface area contributed by atoms with E-state index in [0.717, 1.165) is 5.56 Å². The molecule has 0 aromatic heterocycles. The first-order valence-electron chi connectivity index (χ1n) is 7.94. The maximum atomic E-state index is 12.9. The molecule has 1 amide bonds. The highest BCUT2D eigenvalue weighted by Gasteiger charge is 2.36. The Hall–Kier alpha value is -2.22. The summed E-state index contributed by atoms with van der Waals surface area (Å²) in [7, 11) is -4.13. The Morgan fingerprint density at radius 2 is 1.84 bits per heavy atom. The van der Waals surface area contributed by atoms with Gasteiger partial charge in [0.25, 0.3) is 10.0 Å². The van der Waals surface area contributed by atoms with Gasteiger partial charge in [0, 0.05) is 13.3 Å². The fourth-order valence-corrected chi connectivity index (χ4v) is 3.94. The average Bonchev–Trinajstić information content (AvgIpc) is 2.56. The highest BCUT2D eigenvalue weighted by molar-refractivity contribution is 7.89. The molecule has 0 radical (unpaired) electrons. The summed E-state index contributed by atoms with van der Waals surface area (Å²) in [5, 5.41) is 0. The van der Waals surface area contributed by atoms with Crippen LogP contribution in [0.1, 0.15) is 38.7 Å². The van der Waals surface area contributed by atoms with Crippen molar-refractivity contribution >= 4 is 28.7 Å². The van der Waals surface area contributed by atoms with Gasteiger partial charge in [-0.3, -0.25) is 9.59 Å². The minimum atomic E-state index is -4.13. The molecule has 0 spiro atoms. The summed E-state index contributed by atoms with van der Waals surface area (Å²) < 4.78 is 31.5. The molecule has 0 unspecified atom stereocenters. The van der Waals surface area contributed by atoms with Crippen LogP contribution >= 0.6 is 0 Å². The molecule has 7 nitrogen and oxygen atoms in total. The van der Waals surface area contributed by atoms with Crippen molar-refractivity contribution in [1.82, 2.24) is 4.31 Å². The molecular formula is C17H23NO6S. The number of rotatable bonds is 10. The van der Waals surface area contributed by atoms with Crippen molar-refractivity contribution in [3.05, 3.63) is 29.8 Å². The first-order valence-corrected chi connectivity index (χ1v) is 9.38. The SMILES string of the molecule is CC[C@@H](OC(C)=O)[C@H](CCC=O)N(C=O)S(=O)(=O)c1ccc(C)cc1. The zero-order valence-corrected chi connectivity index (χ0v) is 15.4. The molecule has 0 aliphatic heterocycles. The van der Waals surface area contributed by atoms with E-state index in [2.05, 4.69) is 0 Å². The molecule has 8 heteroatoms. The third-order valence-corrected chi connectivity index (χ3v) is 5.54. The average molecular weight is 369 g/mol. The largest absolute Gasteiger partial charge is 0.460 e. The van der Waals surface area contributed by atoms with E-state index in [1.807, 2.05) is 6.92 Å². The first-order chi connectivity index (χ1) is 11.8. The molecule has 0 heterocycles. The van der Waals surface area contributed by atoms with Gasteiger partial charge in [-0.2, -0.15) is 0 Å². The molecule has 0 aliphatic rings. The second-order valence-corrected chi connectivity index (χ2v) is 7.46. The van der Waals surface area contributed by atoms with Crippen LogP contribution in [0.3, 0.4) is 0 Å². The summed E-state index contributed by atoms with van der Waals surface area (Å²) >= 11 is 0. The van der Waals surface area contributed by atoms with Gasteiger partial charge in [0.05, 0.1) is 10.9 Å². The molecule has 0 saturated heterocycles. The summed E-state index contributed by atoms with van der Waals surface area (Å²) in [5.74, 6) is -0.582. The fourth-order valence-electron chi connectivity index (χ4n) is 2.51. The number of carbonyl (C=O) groups excluding carboxylic acids is 3. The third kappa shape index (κ3) is 5.38. The van der Waals surface area contributed by atoms with Gasteiger partial charge in [0.2, 0.25) is 6.41 Å². The standard InChI is InChI=1S/C17H23NO6S/c1-4-17(24-14(3)21)16(6-5-11-19)18(12-20)25(22,23)15-9-7-13(2)8-10-15/h7-12,16-17H,4-6H2,1-3H3/t16-,17+/m0/s1. The van der Waals surface area contributed by atoms with E-state index in [9.17, 15) is 22.8 Å². The zero-order valence-electron chi connectivity index (χ0n) is 14.5. The summed E-state index contributed by atoms with van der Waals surface area (Å²) in [4.78, 5) is 33.6. The fraction of sp³-hybridized carbons (Fsp3) is 0.471. The van der Waals surface area contributed by atoms with Gasteiger partial charge in [-0.25, -0.2) is 12.7 Å². The summed E-state index contributed by atoms with van der Waals surface area (Å²) in [6.07, 6.45) is 0.417. The van der Waals surface area contributed by atoms with Gasteiger partial charge in [0.15, 0.2) is 0 Å². The van der Waals surface area contributed by atoms with Gasteiger partial charge < -0.3 is 9.53 Å². The van der Waals surface area contributed by atoms with Crippen LogP contribution in [0.15, 0.2) is 29.2 Å². The maximum Gasteiger partial charge on any atom is 0.302 e. The third-order valence-electron chi connectivity index (χ3n) is 3.76. The minimum Gasteiger partial charge on any atom is -0.460 e. The molecule has 25 heavy (non-hydrogen) atoms. The Kier molecular flexibility index (Phi) is 7.76. The van der Waals surface area contributed by atoms with Crippen LogP contribution in [-0.4, -0.2) is 43.5 Å². The number of benzene rings is 1. The molecule has 0 N–H and O–H groups in total. The second-order valence-electron chi connectivity index (χ2n) is 5.62. The van der Waals surface area contributed by atoms with Gasteiger partial charge in [0.1, 0.15) is 12.4 Å². The monoisotopic (exact) mass is 369 g/mol. The number of aryl methyl sites for hydroxylation is 1. The highest BCUT2D eigenvalue weighted by atomic mass is 32.2. The van der Waals surface area contributed by atoms with Crippen molar-refractivity contribution in [2.24, 2.45) is 0 Å². The predicted molar refractivity (Wildman–Crippen MR) is 91.2 cm³/mol. The van der Waals surface area contributed by atoms with Crippen LogP contribution in [0.25, 0.3) is 0 Å². The van der Waals surface area contributed by atoms with Gasteiger partial charge >= 0.3 is 5.97 Å². The Bertz CT molecular complexity index is 698. The van der Waals surface area contributed by atoms with Crippen molar-refractivity contribution < 1.29 is 27.5 Å². The molecule has 0 fully saturated rings. The highest BCUT2D eigenvalue weighted by Crippen LogP contribution is 2.24. The smallest absolute Gasteiger partial charge is 0.302 e. The number of esters is 1. The molecule has 2 atom stereocenters. The van der Waals surface area contributed by atoms with Crippen LogP contribution in [0, 0.1) is 6.92 Å². The molecule has 0 bridgehead atoms. The minimum absolute atomic E-state index is 0.0379. The normalized spacial score (nSPS) is 13.6. The molecule has 0 saturated carbocycles. The van der Waals surface area contributed by atoms with Crippen molar-refractivity contribution in [2.45, 2.75) is 57.1 Å². The van der Waals surface area contributed by atoms with E-state index in [4.69, 9.17) is 4.74 Å². The number of carbonyl (C=O) groups is 3. The lowest BCUT2D eigenvalue weighted by atomic mass is 10.0. The number of aldehydes is 1. The van der Waals surface area contributed by atoms with Gasteiger partial charge in [-0.05, 0) is 31.9 Å². The number of amides is 1. The first kappa shape index (κ1) is 20.8. The summed E-state index contributed by atoms with van der Waals surface area (Å²) in [6.45, 7) is 4.73. The topological polar surface area (TPSA) is 97.8 Å². The van der Waals surface area contributed by atoms with E-state index in [0.29, 0.717) is 17.0 Å². The quantitative estimate of drug-likeness (QED) is 0.461. The maximum absolute atomic E-state index is 12.9. The van der Waals surface area contributed by atoms with Gasteiger partial charge in [-0.15, -0.1) is 0 Å². The summed E-state index contributed by atoms with van der Waals surface area (Å²) in [6, 6.07) is 5.11. The van der Waals surface area contributed by atoms with Crippen molar-refractivity contribution in [3.8, 4) is 0 Å². The van der Waals surface area contributed by atoms with Gasteiger partial charge in [-0.1, -0.05) is 24.6 Å².